The van der Waals surface area contributed by atoms with Crippen LogP contribution in [0.15, 0.2) is 54.6 Å². The first-order valence-electron chi connectivity index (χ1n) is 10.3. The lowest BCUT2D eigenvalue weighted by molar-refractivity contribution is -0.134. The Morgan fingerprint density at radius 2 is 1.64 bits per heavy atom. The monoisotopic (exact) mass is 378 g/mol. The van der Waals surface area contributed by atoms with E-state index in [0.717, 1.165) is 30.5 Å². The zero-order valence-electron chi connectivity index (χ0n) is 16.9. The number of amides is 2. The van der Waals surface area contributed by atoms with Gasteiger partial charge in [0.2, 0.25) is 11.8 Å². The Bertz CT molecular complexity index is 795. The normalized spacial score (nSPS) is 14.7. The number of carbonyl (C=O) groups is 2. The van der Waals surface area contributed by atoms with Crippen LogP contribution in [0, 0.1) is 12.8 Å². The van der Waals surface area contributed by atoms with E-state index in [1.54, 1.807) is 0 Å². The molecule has 0 atom stereocenters. The minimum atomic E-state index is -0.00210. The van der Waals surface area contributed by atoms with E-state index in [9.17, 15) is 9.59 Å². The molecule has 0 unspecified atom stereocenters. The number of piperidine rings is 1. The molecule has 0 saturated carbocycles. The number of anilines is 1. The Morgan fingerprint density at radius 1 is 1.00 bits per heavy atom. The predicted molar refractivity (Wildman–Crippen MR) is 113 cm³/mol. The van der Waals surface area contributed by atoms with Crippen molar-refractivity contribution in [3.8, 4) is 0 Å². The number of hydrogen-bond acceptors (Lipinski definition) is 2. The van der Waals surface area contributed by atoms with Gasteiger partial charge in [0.15, 0.2) is 0 Å². The second kappa shape index (κ2) is 9.54. The maximum absolute atomic E-state index is 13.1. The van der Waals surface area contributed by atoms with Crippen LogP contribution < -0.4 is 4.90 Å². The van der Waals surface area contributed by atoms with Gasteiger partial charge in [-0.05, 0) is 50.3 Å². The molecule has 0 bridgehead atoms. The molecule has 4 nitrogen and oxygen atoms in total. The van der Waals surface area contributed by atoms with Crippen LogP contribution in [-0.2, 0) is 16.0 Å². The van der Waals surface area contributed by atoms with Crippen molar-refractivity contribution in [1.29, 1.82) is 0 Å². The number of likely N-dealkylation sites (tertiary alicyclic amines) is 1. The molecule has 2 aromatic rings. The average Bonchev–Trinajstić information content (AvgIpc) is 2.74. The van der Waals surface area contributed by atoms with E-state index in [0.29, 0.717) is 26.1 Å². The molecule has 0 spiro atoms. The van der Waals surface area contributed by atoms with Crippen molar-refractivity contribution < 1.29 is 9.59 Å². The standard InChI is InChI=1S/C24H30N2O2/c1-3-26(22-12-8-7-9-19(22)2)24(28)21-15-17-25(18-16-21)23(27)14-13-20-10-5-4-6-11-20/h4-12,21H,3,13-18H2,1-2H3. The second-order valence-corrected chi connectivity index (χ2v) is 7.51. The molecule has 1 fully saturated rings. The molecule has 2 aromatic carbocycles. The largest absolute Gasteiger partial charge is 0.343 e. The number of rotatable bonds is 6. The number of aryl methyl sites for hydroxylation is 2. The van der Waals surface area contributed by atoms with Gasteiger partial charge in [-0.2, -0.15) is 0 Å². The number of para-hydroxylation sites is 1. The van der Waals surface area contributed by atoms with Crippen LogP contribution in [0.1, 0.15) is 37.3 Å². The molecule has 0 aliphatic carbocycles. The summed E-state index contributed by atoms with van der Waals surface area (Å²) in [6, 6.07) is 18.1. The van der Waals surface area contributed by atoms with Gasteiger partial charge < -0.3 is 9.80 Å². The van der Waals surface area contributed by atoms with Crippen LogP contribution in [0.5, 0.6) is 0 Å². The average molecular weight is 379 g/mol. The minimum Gasteiger partial charge on any atom is -0.343 e. The SMILES string of the molecule is CCN(C(=O)C1CCN(C(=O)CCc2ccccc2)CC1)c1ccccc1C. The van der Waals surface area contributed by atoms with E-state index in [1.807, 2.05) is 66.1 Å². The van der Waals surface area contributed by atoms with E-state index >= 15 is 0 Å². The van der Waals surface area contributed by atoms with Gasteiger partial charge in [0.25, 0.3) is 0 Å². The number of hydrogen-bond donors (Lipinski definition) is 0. The molecule has 3 rings (SSSR count). The van der Waals surface area contributed by atoms with Gasteiger partial charge in [-0.3, -0.25) is 9.59 Å². The summed E-state index contributed by atoms with van der Waals surface area (Å²) in [4.78, 5) is 29.4. The molecular weight excluding hydrogens is 348 g/mol. The Kier molecular flexibility index (Phi) is 6.85. The van der Waals surface area contributed by atoms with Crippen molar-refractivity contribution in [2.45, 2.75) is 39.5 Å². The van der Waals surface area contributed by atoms with E-state index in [1.165, 1.54) is 5.56 Å². The second-order valence-electron chi connectivity index (χ2n) is 7.51. The van der Waals surface area contributed by atoms with Gasteiger partial charge in [0.1, 0.15) is 0 Å². The van der Waals surface area contributed by atoms with Crippen LogP contribution in [0.25, 0.3) is 0 Å². The van der Waals surface area contributed by atoms with Crippen molar-refractivity contribution in [2.75, 3.05) is 24.5 Å². The molecule has 1 saturated heterocycles. The van der Waals surface area contributed by atoms with Gasteiger partial charge in [0, 0.05) is 37.7 Å². The summed E-state index contributed by atoms with van der Waals surface area (Å²) in [5.41, 5.74) is 3.31. The van der Waals surface area contributed by atoms with E-state index in [4.69, 9.17) is 0 Å². The zero-order valence-corrected chi connectivity index (χ0v) is 16.9. The van der Waals surface area contributed by atoms with Crippen molar-refractivity contribution in [2.24, 2.45) is 5.92 Å². The highest BCUT2D eigenvalue weighted by atomic mass is 16.2. The van der Waals surface area contributed by atoms with Crippen molar-refractivity contribution in [1.82, 2.24) is 4.90 Å². The smallest absolute Gasteiger partial charge is 0.230 e. The van der Waals surface area contributed by atoms with Crippen LogP contribution in [0.2, 0.25) is 0 Å². The van der Waals surface area contributed by atoms with Gasteiger partial charge in [-0.1, -0.05) is 48.5 Å². The first-order chi connectivity index (χ1) is 13.6. The van der Waals surface area contributed by atoms with Gasteiger partial charge >= 0.3 is 0 Å². The lowest BCUT2D eigenvalue weighted by atomic mass is 9.94. The van der Waals surface area contributed by atoms with Crippen molar-refractivity contribution in [3.63, 3.8) is 0 Å². The summed E-state index contributed by atoms with van der Waals surface area (Å²) in [6.45, 7) is 6.08. The van der Waals surface area contributed by atoms with E-state index < -0.39 is 0 Å². The fourth-order valence-electron chi connectivity index (χ4n) is 3.96. The molecule has 2 amide bonds. The molecule has 148 valence electrons. The maximum Gasteiger partial charge on any atom is 0.230 e. The molecule has 4 heteroatoms. The predicted octanol–water partition coefficient (Wildman–Crippen LogP) is 4.22. The molecular formula is C24H30N2O2. The molecule has 1 heterocycles. The fraction of sp³-hybridized carbons (Fsp3) is 0.417. The van der Waals surface area contributed by atoms with Crippen LogP contribution >= 0.6 is 0 Å². The third-order valence-electron chi connectivity index (χ3n) is 5.66. The summed E-state index contributed by atoms with van der Waals surface area (Å²) in [5, 5.41) is 0. The molecule has 0 aromatic heterocycles. The van der Waals surface area contributed by atoms with Crippen LogP contribution in [-0.4, -0.2) is 36.3 Å². The van der Waals surface area contributed by atoms with Gasteiger partial charge in [0.05, 0.1) is 0 Å². The highest BCUT2D eigenvalue weighted by Gasteiger charge is 2.30. The zero-order chi connectivity index (χ0) is 19.9. The Balaban J connectivity index is 1.53. The van der Waals surface area contributed by atoms with Crippen molar-refractivity contribution in [3.05, 3.63) is 65.7 Å². The lowest BCUT2D eigenvalue weighted by Crippen LogP contribution is -2.44. The quantitative estimate of drug-likeness (QED) is 0.755. The lowest BCUT2D eigenvalue weighted by Gasteiger charge is -2.34. The molecule has 1 aliphatic rings. The Hall–Kier alpha value is -2.62. The van der Waals surface area contributed by atoms with Gasteiger partial charge in [-0.25, -0.2) is 0 Å². The summed E-state index contributed by atoms with van der Waals surface area (Å²) in [5.74, 6) is 0.381. The maximum atomic E-state index is 13.1. The molecule has 0 N–H and O–H groups in total. The summed E-state index contributed by atoms with van der Waals surface area (Å²) in [7, 11) is 0. The molecule has 28 heavy (non-hydrogen) atoms. The summed E-state index contributed by atoms with van der Waals surface area (Å²) >= 11 is 0. The van der Waals surface area contributed by atoms with E-state index in [-0.39, 0.29) is 17.7 Å². The number of carbonyl (C=O) groups excluding carboxylic acids is 2. The Labute approximate surface area is 168 Å². The first kappa shape index (κ1) is 20.1. The summed E-state index contributed by atoms with van der Waals surface area (Å²) in [6.07, 6.45) is 2.80. The Morgan fingerprint density at radius 3 is 2.29 bits per heavy atom. The van der Waals surface area contributed by atoms with Gasteiger partial charge in [-0.15, -0.1) is 0 Å². The number of nitrogens with zero attached hydrogens (tertiary/aromatic N) is 2. The van der Waals surface area contributed by atoms with Crippen molar-refractivity contribution >= 4 is 17.5 Å². The first-order valence-corrected chi connectivity index (χ1v) is 10.3. The molecule has 1 aliphatic heterocycles. The highest BCUT2D eigenvalue weighted by Crippen LogP contribution is 2.26. The van der Waals surface area contributed by atoms with E-state index in [2.05, 4.69) is 12.1 Å². The minimum absolute atomic E-state index is 0.00210. The summed E-state index contributed by atoms with van der Waals surface area (Å²) < 4.78 is 0. The topological polar surface area (TPSA) is 40.6 Å². The highest BCUT2D eigenvalue weighted by molar-refractivity contribution is 5.95. The fourth-order valence-corrected chi connectivity index (χ4v) is 3.96. The van der Waals surface area contributed by atoms with Crippen LogP contribution in [0.3, 0.4) is 0 Å². The van der Waals surface area contributed by atoms with Crippen LogP contribution in [0.4, 0.5) is 5.69 Å². The number of benzene rings is 2. The molecule has 0 radical (unpaired) electrons. The third-order valence-corrected chi connectivity index (χ3v) is 5.66. The third kappa shape index (κ3) is 4.80.